The van der Waals surface area contributed by atoms with Crippen molar-refractivity contribution in [3.63, 3.8) is 0 Å². The van der Waals surface area contributed by atoms with Gasteiger partial charge in [0.15, 0.2) is 0 Å². The highest BCUT2D eigenvalue weighted by molar-refractivity contribution is 5.14. The van der Waals surface area contributed by atoms with Crippen molar-refractivity contribution in [2.24, 2.45) is 0 Å². The second-order valence-corrected chi connectivity index (χ2v) is 7.63. The van der Waals surface area contributed by atoms with Gasteiger partial charge in [-0.1, -0.05) is 30.3 Å². The molecule has 0 amide bonds. The zero-order valence-corrected chi connectivity index (χ0v) is 14.9. The van der Waals surface area contributed by atoms with Crippen LogP contribution in [0.2, 0.25) is 0 Å². The quantitative estimate of drug-likeness (QED) is 0.901. The lowest BCUT2D eigenvalue weighted by Gasteiger charge is -2.39. The highest BCUT2D eigenvalue weighted by atomic mass is 15.2. The molecule has 3 heteroatoms. The fraction of sp³-hybridized carbons (Fsp3) is 0.700. The minimum absolute atomic E-state index is 0.683. The van der Waals surface area contributed by atoms with Gasteiger partial charge in [-0.05, 0) is 64.7 Å². The molecule has 2 saturated heterocycles. The van der Waals surface area contributed by atoms with E-state index in [-0.39, 0.29) is 0 Å². The van der Waals surface area contributed by atoms with Crippen LogP contribution in [0.25, 0.3) is 0 Å². The first-order chi connectivity index (χ1) is 11.2. The Morgan fingerprint density at radius 2 is 1.74 bits per heavy atom. The Bertz CT molecular complexity index is 451. The molecule has 0 spiro atoms. The molecule has 0 radical (unpaired) electrons. The van der Waals surface area contributed by atoms with Gasteiger partial charge in [0.2, 0.25) is 0 Å². The summed E-state index contributed by atoms with van der Waals surface area (Å²) in [4.78, 5) is 5.24. The summed E-state index contributed by atoms with van der Waals surface area (Å²) >= 11 is 0. The maximum Gasteiger partial charge on any atom is 0.0234 e. The van der Waals surface area contributed by atoms with Crippen molar-refractivity contribution < 1.29 is 0 Å². The minimum atomic E-state index is 0.683. The van der Waals surface area contributed by atoms with E-state index in [1.54, 1.807) is 0 Å². The van der Waals surface area contributed by atoms with Crippen molar-refractivity contribution in [1.82, 2.24) is 15.1 Å². The van der Waals surface area contributed by atoms with Gasteiger partial charge in [-0.25, -0.2) is 0 Å². The van der Waals surface area contributed by atoms with Gasteiger partial charge in [0.25, 0.3) is 0 Å². The number of nitrogens with zero attached hydrogens (tertiary/aromatic N) is 2. The van der Waals surface area contributed by atoms with Crippen LogP contribution < -0.4 is 5.32 Å². The minimum Gasteiger partial charge on any atom is -0.310 e. The van der Waals surface area contributed by atoms with E-state index >= 15 is 0 Å². The average molecular weight is 316 g/mol. The molecule has 1 aromatic rings. The maximum atomic E-state index is 3.96. The highest BCUT2D eigenvalue weighted by Crippen LogP contribution is 2.18. The lowest BCUT2D eigenvalue weighted by molar-refractivity contribution is 0.134. The van der Waals surface area contributed by atoms with Crippen LogP contribution in [0.4, 0.5) is 0 Å². The van der Waals surface area contributed by atoms with E-state index in [2.05, 4.69) is 59.3 Å². The van der Waals surface area contributed by atoms with E-state index in [4.69, 9.17) is 0 Å². The Kier molecular flexibility index (Phi) is 6.09. The van der Waals surface area contributed by atoms with E-state index in [0.29, 0.717) is 12.1 Å². The summed E-state index contributed by atoms with van der Waals surface area (Å²) in [6, 6.07) is 13.0. The number of rotatable bonds is 5. The SMILES string of the molecule is CC(C)N1CCC(NC2CCCN(Cc3ccccc3)C2)CC1. The van der Waals surface area contributed by atoms with Gasteiger partial charge in [-0.2, -0.15) is 0 Å². The molecule has 1 unspecified atom stereocenters. The van der Waals surface area contributed by atoms with E-state index in [1.165, 1.54) is 57.4 Å². The number of benzene rings is 1. The molecule has 23 heavy (non-hydrogen) atoms. The van der Waals surface area contributed by atoms with Crippen LogP contribution in [0.1, 0.15) is 45.1 Å². The van der Waals surface area contributed by atoms with E-state index < -0.39 is 0 Å². The highest BCUT2D eigenvalue weighted by Gasteiger charge is 2.25. The Labute approximate surface area is 142 Å². The summed E-state index contributed by atoms with van der Waals surface area (Å²) in [5.74, 6) is 0. The van der Waals surface area contributed by atoms with Gasteiger partial charge in [-0.3, -0.25) is 4.90 Å². The Balaban J connectivity index is 1.44. The van der Waals surface area contributed by atoms with Crippen molar-refractivity contribution in [2.75, 3.05) is 26.2 Å². The van der Waals surface area contributed by atoms with Crippen LogP contribution in [-0.2, 0) is 6.54 Å². The summed E-state index contributed by atoms with van der Waals surface area (Å²) in [7, 11) is 0. The maximum absolute atomic E-state index is 3.96. The van der Waals surface area contributed by atoms with Crippen molar-refractivity contribution in [3.05, 3.63) is 35.9 Å². The third kappa shape index (κ3) is 5.03. The number of hydrogen-bond acceptors (Lipinski definition) is 3. The molecule has 0 aromatic heterocycles. The van der Waals surface area contributed by atoms with Gasteiger partial charge in [0.05, 0.1) is 0 Å². The molecule has 128 valence electrons. The predicted molar refractivity (Wildman–Crippen MR) is 97.6 cm³/mol. The first kappa shape index (κ1) is 16.9. The molecular weight excluding hydrogens is 282 g/mol. The topological polar surface area (TPSA) is 18.5 Å². The zero-order valence-electron chi connectivity index (χ0n) is 14.9. The molecule has 2 heterocycles. The lowest BCUT2D eigenvalue weighted by atomic mass is 9.99. The molecular formula is C20H33N3. The van der Waals surface area contributed by atoms with Crippen LogP contribution in [-0.4, -0.2) is 54.1 Å². The van der Waals surface area contributed by atoms with Gasteiger partial charge in [0.1, 0.15) is 0 Å². The van der Waals surface area contributed by atoms with Gasteiger partial charge >= 0.3 is 0 Å². The predicted octanol–water partition coefficient (Wildman–Crippen LogP) is 3.11. The van der Waals surface area contributed by atoms with Gasteiger partial charge < -0.3 is 10.2 Å². The molecule has 2 fully saturated rings. The van der Waals surface area contributed by atoms with Crippen molar-refractivity contribution in [1.29, 1.82) is 0 Å². The zero-order chi connectivity index (χ0) is 16.1. The number of hydrogen-bond donors (Lipinski definition) is 1. The Morgan fingerprint density at radius 3 is 2.43 bits per heavy atom. The molecule has 3 rings (SSSR count). The molecule has 2 aliphatic heterocycles. The molecule has 0 saturated carbocycles. The first-order valence-corrected chi connectivity index (χ1v) is 9.47. The van der Waals surface area contributed by atoms with Crippen LogP contribution in [0.5, 0.6) is 0 Å². The molecule has 0 bridgehead atoms. The molecule has 3 nitrogen and oxygen atoms in total. The van der Waals surface area contributed by atoms with Crippen molar-refractivity contribution in [2.45, 2.75) is 64.2 Å². The summed E-state index contributed by atoms with van der Waals surface area (Å²) in [6.45, 7) is 10.7. The molecule has 2 aliphatic rings. The number of piperidine rings is 2. The standard InChI is InChI=1S/C20H33N3/c1-17(2)23-13-10-19(11-14-23)21-20-9-6-12-22(16-20)15-18-7-4-3-5-8-18/h3-5,7-8,17,19-21H,6,9-16H2,1-2H3. The monoisotopic (exact) mass is 315 g/mol. The lowest BCUT2D eigenvalue weighted by Crippen LogP contribution is -2.52. The van der Waals surface area contributed by atoms with E-state index in [0.717, 1.165) is 12.6 Å². The fourth-order valence-corrected chi connectivity index (χ4v) is 4.09. The summed E-state index contributed by atoms with van der Waals surface area (Å²) < 4.78 is 0. The fourth-order valence-electron chi connectivity index (χ4n) is 4.09. The number of nitrogens with one attached hydrogen (secondary N) is 1. The van der Waals surface area contributed by atoms with E-state index in [9.17, 15) is 0 Å². The summed E-state index contributed by atoms with van der Waals surface area (Å²) in [5, 5.41) is 3.96. The largest absolute Gasteiger partial charge is 0.310 e. The number of likely N-dealkylation sites (tertiary alicyclic amines) is 2. The smallest absolute Gasteiger partial charge is 0.0234 e. The first-order valence-electron chi connectivity index (χ1n) is 9.47. The third-order valence-corrected chi connectivity index (χ3v) is 5.49. The summed E-state index contributed by atoms with van der Waals surface area (Å²) in [6.07, 6.45) is 5.30. The summed E-state index contributed by atoms with van der Waals surface area (Å²) in [5.41, 5.74) is 1.44. The van der Waals surface area contributed by atoms with Crippen LogP contribution >= 0.6 is 0 Å². The Hall–Kier alpha value is -0.900. The van der Waals surface area contributed by atoms with E-state index in [1.807, 2.05) is 0 Å². The third-order valence-electron chi connectivity index (χ3n) is 5.49. The van der Waals surface area contributed by atoms with Crippen molar-refractivity contribution >= 4 is 0 Å². The normalized spacial score (nSPS) is 25.1. The Morgan fingerprint density at radius 1 is 1.00 bits per heavy atom. The molecule has 1 atom stereocenters. The average Bonchev–Trinajstić information content (AvgIpc) is 2.57. The van der Waals surface area contributed by atoms with Crippen LogP contribution in [0.3, 0.4) is 0 Å². The van der Waals surface area contributed by atoms with Crippen molar-refractivity contribution in [3.8, 4) is 0 Å². The second kappa shape index (κ2) is 8.27. The molecule has 1 aromatic carbocycles. The van der Waals surface area contributed by atoms with Gasteiger partial charge in [-0.15, -0.1) is 0 Å². The molecule has 1 N–H and O–H groups in total. The second-order valence-electron chi connectivity index (χ2n) is 7.63. The van der Waals surface area contributed by atoms with Crippen LogP contribution in [0, 0.1) is 0 Å². The molecule has 0 aliphatic carbocycles. The van der Waals surface area contributed by atoms with Gasteiger partial charge in [0, 0.05) is 31.2 Å². The van der Waals surface area contributed by atoms with Crippen LogP contribution in [0.15, 0.2) is 30.3 Å².